The highest BCUT2D eigenvalue weighted by Gasteiger charge is 2.23. The number of benzene rings is 1. The number of pyridine rings is 1. The lowest BCUT2D eigenvalue weighted by Crippen LogP contribution is -2.26. The molecule has 0 unspecified atom stereocenters. The highest BCUT2D eigenvalue weighted by Crippen LogP contribution is 2.35. The molecule has 1 aliphatic carbocycles. The van der Waals surface area contributed by atoms with Gasteiger partial charge in [0.2, 0.25) is 0 Å². The number of aryl methyl sites for hydroxylation is 3. The summed E-state index contributed by atoms with van der Waals surface area (Å²) in [6.07, 6.45) is 9.15. The quantitative estimate of drug-likeness (QED) is 0.613. The molecule has 2 aliphatic rings. The van der Waals surface area contributed by atoms with Crippen LogP contribution in [0.1, 0.15) is 46.5 Å². The second kappa shape index (κ2) is 6.35. The molecule has 3 heteroatoms. The van der Waals surface area contributed by atoms with E-state index in [1.165, 1.54) is 57.3 Å². The summed E-state index contributed by atoms with van der Waals surface area (Å²) in [6, 6.07) is 9.18. The van der Waals surface area contributed by atoms with Crippen molar-refractivity contribution in [2.45, 2.75) is 46.1 Å². The summed E-state index contributed by atoms with van der Waals surface area (Å²) in [5.74, 6) is 0. The predicted molar refractivity (Wildman–Crippen MR) is 113 cm³/mol. The van der Waals surface area contributed by atoms with Crippen molar-refractivity contribution in [1.29, 1.82) is 0 Å². The zero-order valence-corrected chi connectivity index (χ0v) is 16.5. The lowest BCUT2D eigenvalue weighted by molar-refractivity contribution is 0.312. The molecular formula is C24H27N3. The summed E-state index contributed by atoms with van der Waals surface area (Å²) in [6.45, 7) is 6.46. The van der Waals surface area contributed by atoms with Crippen LogP contribution >= 0.6 is 0 Å². The van der Waals surface area contributed by atoms with Gasteiger partial charge in [-0.2, -0.15) is 0 Å². The molecule has 138 valence electrons. The smallest absolute Gasteiger partial charge is 0.0529 e. The number of allylic oxidation sites excluding steroid dienone is 1. The number of likely N-dealkylation sites (N-methyl/N-ethyl adjacent to an activating group) is 1. The molecule has 0 saturated heterocycles. The molecule has 1 aliphatic heterocycles. The van der Waals surface area contributed by atoms with Gasteiger partial charge in [0.15, 0.2) is 0 Å². The molecule has 1 aromatic carbocycles. The minimum atomic E-state index is 1.04. The summed E-state index contributed by atoms with van der Waals surface area (Å²) in [7, 11) is 2.23. The van der Waals surface area contributed by atoms with Crippen molar-refractivity contribution >= 4 is 22.7 Å². The first-order chi connectivity index (χ1) is 13.1. The van der Waals surface area contributed by atoms with Gasteiger partial charge in [0.05, 0.1) is 5.52 Å². The van der Waals surface area contributed by atoms with Crippen LogP contribution in [0.5, 0.6) is 0 Å². The maximum atomic E-state index is 4.59. The van der Waals surface area contributed by atoms with Crippen LogP contribution in [0.4, 0.5) is 0 Å². The van der Waals surface area contributed by atoms with E-state index < -0.39 is 0 Å². The predicted octanol–water partition coefficient (Wildman–Crippen LogP) is 4.98. The molecule has 0 bridgehead atoms. The molecule has 0 radical (unpaired) electrons. The van der Waals surface area contributed by atoms with Crippen LogP contribution in [-0.2, 0) is 19.4 Å². The van der Waals surface area contributed by atoms with E-state index in [0.717, 1.165) is 31.6 Å². The van der Waals surface area contributed by atoms with Crippen LogP contribution in [0.2, 0.25) is 0 Å². The fourth-order valence-electron chi connectivity index (χ4n) is 4.80. The second-order valence-corrected chi connectivity index (χ2v) is 8.29. The lowest BCUT2D eigenvalue weighted by atomic mass is 9.89. The van der Waals surface area contributed by atoms with Gasteiger partial charge in [-0.05, 0) is 75.1 Å². The molecule has 27 heavy (non-hydrogen) atoms. The first kappa shape index (κ1) is 16.8. The lowest BCUT2D eigenvalue weighted by Gasteiger charge is -2.24. The Labute approximate surface area is 161 Å². The van der Waals surface area contributed by atoms with E-state index in [4.69, 9.17) is 0 Å². The average molecular weight is 358 g/mol. The maximum Gasteiger partial charge on any atom is 0.0529 e. The van der Waals surface area contributed by atoms with Gasteiger partial charge in [0.1, 0.15) is 0 Å². The van der Waals surface area contributed by atoms with Crippen LogP contribution in [0.3, 0.4) is 0 Å². The third-order valence-electron chi connectivity index (χ3n) is 6.18. The van der Waals surface area contributed by atoms with E-state index in [-0.39, 0.29) is 0 Å². The van der Waals surface area contributed by atoms with E-state index in [2.05, 4.69) is 72.0 Å². The van der Waals surface area contributed by atoms with Crippen LogP contribution in [0.15, 0.2) is 30.5 Å². The molecule has 0 spiro atoms. The van der Waals surface area contributed by atoms with Crippen molar-refractivity contribution in [3.63, 3.8) is 0 Å². The van der Waals surface area contributed by atoms with E-state index in [0.29, 0.717) is 0 Å². The molecule has 3 nitrogen and oxygen atoms in total. The van der Waals surface area contributed by atoms with Gasteiger partial charge in [0.25, 0.3) is 0 Å². The minimum Gasteiger partial charge on any atom is -0.320 e. The number of rotatable bonds is 1. The van der Waals surface area contributed by atoms with Gasteiger partial charge in [-0.25, -0.2) is 0 Å². The number of nitrogens with zero attached hydrogens (tertiary/aromatic N) is 3. The van der Waals surface area contributed by atoms with Crippen molar-refractivity contribution in [1.82, 2.24) is 14.5 Å². The van der Waals surface area contributed by atoms with Crippen molar-refractivity contribution in [2.75, 3.05) is 13.6 Å². The number of hydrogen-bond acceptors (Lipinski definition) is 2. The van der Waals surface area contributed by atoms with Crippen molar-refractivity contribution in [2.24, 2.45) is 0 Å². The van der Waals surface area contributed by atoms with Crippen molar-refractivity contribution < 1.29 is 0 Å². The van der Waals surface area contributed by atoms with E-state index in [1.807, 2.05) is 0 Å². The van der Waals surface area contributed by atoms with Crippen LogP contribution in [0, 0.1) is 13.8 Å². The highest BCUT2D eigenvalue weighted by atomic mass is 15.1. The molecule has 3 aromatic rings. The average Bonchev–Trinajstić information content (AvgIpc) is 2.94. The maximum absolute atomic E-state index is 4.59. The van der Waals surface area contributed by atoms with E-state index >= 15 is 0 Å². The standard InChI is InChI=1S/C24H27N3/c1-16-7-8-23-20(11-16)22-15-26(3)10-9-24(22)27(23)14-19-6-4-5-18-12-17(2)25-13-21(18)19/h7-8,11-14H,4-6,9-10,15H2,1-3H3. The third kappa shape index (κ3) is 2.81. The summed E-state index contributed by atoms with van der Waals surface area (Å²) in [4.78, 5) is 7.02. The highest BCUT2D eigenvalue weighted by molar-refractivity contribution is 5.91. The van der Waals surface area contributed by atoms with Gasteiger partial charge in [0, 0.05) is 54.2 Å². The molecule has 0 atom stereocenters. The molecule has 0 amide bonds. The Bertz CT molecular complexity index is 1070. The summed E-state index contributed by atoms with van der Waals surface area (Å²) < 4.78 is 2.49. The topological polar surface area (TPSA) is 21.1 Å². The Morgan fingerprint density at radius 3 is 2.85 bits per heavy atom. The van der Waals surface area contributed by atoms with Gasteiger partial charge < -0.3 is 9.47 Å². The molecule has 0 saturated carbocycles. The number of fused-ring (bicyclic) bond motifs is 4. The molecule has 0 N–H and O–H groups in total. The summed E-state index contributed by atoms with van der Waals surface area (Å²) >= 11 is 0. The fourth-order valence-corrected chi connectivity index (χ4v) is 4.80. The molecule has 3 heterocycles. The zero-order chi connectivity index (χ0) is 18.5. The Kier molecular flexibility index (Phi) is 3.94. The first-order valence-electron chi connectivity index (χ1n) is 10.1. The number of aromatic nitrogens is 2. The largest absolute Gasteiger partial charge is 0.320 e. The monoisotopic (exact) mass is 357 g/mol. The van der Waals surface area contributed by atoms with Crippen LogP contribution in [0.25, 0.3) is 22.7 Å². The van der Waals surface area contributed by atoms with Crippen molar-refractivity contribution in [3.8, 4) is 0 Å². The van der Waals surface area contributed by atoms with Gasteiger partial charge in [-0.3, -0.25) is 4.98 Å². The summed E-state index contributed by atoms with van der Waals surface area (Å²) in [5, 5.41) is 1.42. The van der Waals surface area contributed by atoms with Gasteiger partial charge >= 0.3 is 0 Å². The Morgan fingerprint density at radius 2 is 1.96 bits per heavy atom. The molecule has 0 fully saturated rings. The van der Waals surface area contributed by atoms with E-state index in [9.17, 15) is 0 Å². The fraction of sp³-hybridized carbons (Fsp3) is 0.375. The first-order valence-corrected chi connectivity index (χ1v) is 10.1. The van der Waals surface area contributed by atoms with Gasteiger partial charge in [-0.1, -0.05) is 11.6 Å². The summed E-state index contributed by atoms with van der Waals surface area (Å²) in [5.41, 5.74) is 11.1. The SMILES string of the molecule is Cc1ccc2c(c1)c1c(n2C=C2CCCc3cc(C)ncc32)CCN(C)C1. The minimum absolute atomic E-state index is 1.04. The van der Waals surface area contributed by atoms with Crippen LogP contribution in [-0.4, -0.2) is 28.0 Å². The molecular weight excluding hydrogens is 330 g/mol. The molecule has 2 aromatic heterocycles. The Hall–Kier alpha value is -2.39. The van der Waals surface area contributed by atoms with Crippen molar-refractivity contribution in [3.05, 3.63) is 64.1 Å². The van der Waals surface area contributed by atoms with Crippen LogP contribution < -0.4 is 0 Å². The third-order valence-corrected chi connectivity index (χ3v) is 6.18. The molecule has 5 rings (SSSR count). The normalized spacial score (nSPS) is 18.7. The Morgan fingerprint density at radius 1 is 1.07 bits per heavy atom. The van der Waals surface area contributed by atoms with E-state index in [1.54, 1.807) is 0 Å². The Balaban J connectivity index is 1.72. The second-order valence-electron chi connectivity index (χ2n) is 8.29. The zero-order valence-electron chi connectivity index (χ0n) is 16.5. The van der Waals surface area contributed by atoms with Gasteiger partial charge in [-0.15, -0.1) is 0 Å². The number of hydrogen-bond donors (Lipinski definition) is 0.